The topological polar surface area (TPSA) is 43.1 Å². The summed E-state index contributed by atoms with van der Waals surface area (Å²) in [5.74, 6) is 0.152. The molecular formula is C16H12ClNO2. The number of Topliss-reactive ketones (excluding diaryl/α,β-unsaturated/α-hetero) is 1. The third-order valence-corrected chi connectivity index (χ3v) is 3.35. The van der Waals surface area contributed by atoms with Gasteiger partial charge in [-0.1, -0.05) is 41.0 Å². The molecule has 0 aliphatic carbocycles. The molecule has 0 aliphatic rings. The zero-order valence-corrected chi connectivity index (χ0v) is 11.6. The van der Waals surface area contributed by atoms with E-state index in [1.807, 2.05) is 36.4 Å². The third kappa shape index (κ3) is 2.45. The van der Waals surface area contributed by atoms with Crippen LogP contribution in [0, 0.1) is 0 Å². The SMILES string of the molecule is CC(=O)Cc1ccc(-c2noc3cc(Cl)ccc23)cc1. The van der Waals surface area contributed by atoms with Crippen LogP contribution in [0.5, 0.6) is 0 Å². The molecule has 0 radical (unpaired) electrons. The molecule has 0 saturated heterocycles. The summed E-state index contributed by atoms with van der Waals surface area (Å²) in [6.07, 6.45) is 0.454. The van der Waals surface area contributed by atoms with Crippen molar-refractivity contribution in [2.45, 2.75) is 13.3 Å². The van der Waals surface area contributed by atoms with Gasteiger partial charge in [-0.05, 0) is 24.6 Å². The molecule has 0 unspecified atom stereocenters. The largest absolute Gasteiger partial charge is 0.356 e. The lowest BCUT2D eigenvalue weighted by molar-refractivity contribution is -0.116. The lowest BCUT2D eigenvalue weighted by Gasteiger charge is -2.00. The summed E-state index contributed by atoms with van der Waals surface area (Å²) in [5, 5.41) is 5.64. The van der Waals surface area contributed by atoms with Crippen LogP contribution in [0.25, 0.3) is 22.2 Å². The molecule has 1 heterocycles. The molecule has 0 saturated carbocycles. The van der Waals surface area contributed by atoms with E-state index in [2.05, 4.69) is 5.16 Å². The van der Waals surface area contributed by atoms with E-state index in [4.69, 9.17) is 16.1 Å². The van der Waals surface area contributed by atoms with Crippen LogP contribution in [0.4, 0.5) is 0 Å². The minimum Gasteiger partial charge on any atom is -0.356 e. The number of fused-ring (bicyclic) bond motifs is 1. The quantitative estimate of drug-likeness (QED) is 0.721. The zero-order chi connectivity index (χ0) is 14.1. The first-order valence-electron chi connectivity index (χ1n) is 6.27. The Kier molecular flexibility index (Phi) is 3.28. The van der Waals surface area contributed by atoms with Gasteiger partial charge in [-0.15, -0.1) is 0 Å². The molecule has 4 heteroatoms. The second-order valence-corrected chi connectivity index (χ2v) is 5.18. The van der Waals surface area contributed by atoms with E-state index in [1.165, 1.54) is 0 Å². The highest BCUT2D eigenvalue weighted by Crippen LogP contribution is 2.29. The van der Waals surface area contributed by atoms with Crippen LogP contribution in [0.3, 0.4) is 0 Å². The Morgan fingerprint density at radius 2 is 1.95 bits per heavy atom. The molecule has 2 aromatic carbocycles. The summed E-state index contributed by atoms with van der Waals surface area (Å²) in [7, 11) is 0. The minimum absolute atomic E-state index is 0.152. The van der Waals surface area contributed by atoms with Crippen molar-refractivity contribution in [1.82, 2.24) is 5.16 Å². The number of hydrogen-bond acceptors (Lipinski definition) is 3. The smallest absolute Gasteiger partial charge is 0.169 e. The standard InChI is InChI=1S/C16H12ClNO2/c1-10(19)8-11-2-4-12(5-3-11)16-14-7-6-13(17)9-15(14)20-18-16/h2-7,9H,8H2,1H3. The van der Waals surface area contributed by atoms with E-state index in [9.17, 15) is 4.79 Å². The fourth-order valence-corrected chi connectivity index (χ4v) is 2.35. The number of halogens is 1. The Balaban J connectivity index is 2.00. The number of benzene rings is 2. The molecule has 100 valence electrons. The van der Waals surface area contributed by atoms with Crippen molar-refractivity contribution in [3.63, 3.8) is 0 Å². The summed E-state index contributed by atoms with van der Waals surface area (Å²) in [6, 6.07) is 13.2. The predicted octanol–water partition coefficient (Wildman–Crippen LogP) is 4.28. The minimum atomic E-state index is 0.152. The molecule has 3 nitrogen and oxygen atoms in total. The summed E-state index contributed by atoms with van der Waals surface area (Å²) in [4.78, 5) is 11.1. The maximum atomic E-state index is 11.1. The van der Waals surface area contributed by atoms with Crippen molar-refractivity contribution in [3.8, 4) is 11.3 Å². The van der Waals surface area contributed by atoms with E-state index in [1.54, 1.807) is 13.0 Å². The first kappa shape index (κ1) is 12.9. The van der Waals surface area contributed by atoms with Gasteiger partial charge in [0.15, 0.2) is 5.58 Å². The van der Waals surface area contributed by atoms with Crippen LogP contribution < -0.4 is 0 Å². The molecule has 3 aromatic rings. The molecule has 1 aromatic heterocycles. The maximum Gasteiger partial charge on any atom is 0.169 e. The molecule has 3 rings (SSSR count). The highest BCUT2D eigenvalue weighted by atomic mass is 35.5. The molecule has 0 atom stereocenters. The summed E-state index contributed by atoms with van der Waals surface area (Å²) in [5.41, 5.74) is 3.40. The van der Waals surface area contributed by atoms with E-state index < -0.39 is 0 Å². The average molecular weight is 286 g/mol. The van der Waals surface area contributed by atoms with Crippen LogP contribution >= 0.6 is 11.6 Å². The predicted molar refractivity (Wildman–Crippen MR) is 78.8 cm³/mol. The number of carbonyl (C=O) groups excluding carboxylic acids is 1. The van der Waals surface area contributed by atoms with Gasteiger partial charge in [0.1, 0.15) is 11.5 Å². The molecule has 0 bridgehead atoms. The number of rotatable bonds is 3. The van der Waals surface area contributed by atoms with Crippen molar-refractivity contribution in [3.05, 3.63) is 53.1 Å². The lowest BCUT2D eigenvalue weighted by Crippen LogP contribution is -1.95. The van der Waals surface area contributed by atoms with Gasteiger partial charge in [0.25, 0.3) is 0 Å². The Morgan fingerprint density at radius 1 is 1.20 bits per heavy atom. The highest BCUT2D eigenvalue weighted by Gasteiger charge is 2.10. The number of carbonyl (C=O) groups is 1. The van der Waals surface area contributed by atoms with Crippen LogP contribution in [-0.2, 0) is 11.2 Å². The number of nitrogens with zero attached hydrogens (tertiary/aromatic N) is 1. The highest BCUT2D eigenvalue weighted by molar-refractivity contribution is 6.31. The molecule has 0 aliphatic heterocycles. The van der Waals surface area contributed by atoms with Crippen LogP contribution in [0.15, 0.2) is 47.0 Å². The molecule has 0 fully saturated rings. The van der Waals surface area contributed by atoms with E-state index in [0.29, 0.717) is 17.0 Å². The van der Waals surface area contributed by atoms with Crippen molar-refractivity contribution < 1.29 is 9.32 Å². The monoisotopic (exact) mass is 285 g/mol. The molecule has 0 amide bonds. The van der Waals surface area contributed by atoms with Gasteiger partial charge in [-0.2, -0.15) is 0 Å². The van der Waals surface area contributed by atoms with E-state index >= 15 is 0 Å². The average Bonchev–Trinajstić information content (AvgIpc) is 2.82. The van der Waals surface area contributed by atoms with Gasteiger partial charge >= 0.3 is 0 Å². The van der Waals surface area contributed by atoms with Crippen molar-refractivity contribution in [1.29, 1.82) is 0 Å². The second kappa shape index (κ2) is 5.10. The Morgan fingerprint density at radius 3 is 2.65 bits per heavy atom. The molecule has 0 spiro atoms. The van der Waals surface area contributed by atoms with Gasteiger partial charge in [0.2, 0.25) is 0 Å². The maximum absolute atomic E-state index is 11.1. The van der Waals surface area contributed by atoms with Gasteiger partial charge < -0.3 is 4.52 Å². The molecule has 20 heavy (non-hydrogen) atoms. The van der Waals surface area contributed by atoms with Crippen molar-refractivity contribution >= 4 is 28.4 Å². The molecular weight excluding hydrogens is 274 g/mol. The van der Waals surface area contributed by atoms with Gasteiger partial charge in [0.05, 0.1) is 0 Å². The fraction of sp³-hybridized carbons (Fsp3) is 0.125. The van der Waals surface area contributed by atoms with Crippen LogP contribution in [0.1, 0.15) is 12.5 Å². The Labute approximate surface area is 121 Å². The fourth-order valence-electron chi connectivity index (χ4n) is 2.19. The van der Waals surface area contributed by atoms with Gasteiger partial charge in [-0.25, -0.2) is 0 Å². The summed E-state index contributed by atoms with van der Waals surface area (Å²) in [6.45, 7) is 1.59. The van der Waals surface area contributed by atoms with Crippen LogP contribution in [-0.4, -0.2) is 10.9 Å². The van der Waals surface area contributed by atoms with Crippen LogP contribution in [0.2, 0.25) is 5.02 Å². The number of hydrogen-bond donors (Lipinski definition) is 0. The Hall–Kier alpha value is -2.13. The third-order valence-electron chi connectivity index (χ3n) is 3.11. The van der Waals surface area contributed by atoms with E-state index in [-0.39, 0.29) is 5.78 Å². The molecule has 0 N–H and O–H groups in total. The van der Waals surface area contributed by atoms with Crippen molar-refractivity contribution in [2.75, 3.05) is 0 Å². The number of aromatic nitrogens is 1. The van der Waals surface area contributed by atoms with E-state index in [0.717, 1.165) is 22.2 Å². The van der Waals surface area contributed by atoms with Gasteiger partial charge in [-0.3, -0.25) is 4.79 Å². The second-order valence-electron chi connectivity index (χ2n) is 4.75. The van der Waals surface area contributed by atoms with Gasteiger partial charge in [0, 0.05) is 28.5 Å². The normalized spacial score (nSPS) is 10.9. The van der Waals surface area contributed by atoms with Crippen molar-refractivity contribution in [2.24, 2.45) is 0 Å². The summed E-state index contributed by atoms with van der Waals surface area (Å²) >= 11 is 5.92. The zero-order valence-electron chi connectivity index (χ0n) is 10.9. The lowest BCUT2D eigenvalue weighted by atomic mass is 10.0. The first-order valence-corrected chi connectivity index (χ1v) is 6.65. The first-order chi connectivity index (χ1) is 9.63. The Bertz CT molecular complexity index is 775. The summed E-state index contributed by atoms with van der Waals surface area (Å²) < 4.78 is 5.29. The number of ketones is 1.